The summed E-state index contributed by atoms with van der Waals surface area (Å²) in [6.45, 7) is 0. The highest BCUT2D eigenvalue weighted by Crippen LogP contribution is 2.32. The zero-order valence-corrected chi connectivity index (χ0v) is 10.8. The second kappa shape index (κ2) is 5.73. The lowest BCUT2D eigenvalue weighted by Crippen LogP contribution is -2.21. The normalized spacial score (nSPS) is 21.9. The molecule has 0 aromatic heterocycles. The number of carboxylic acids is 1. The second-order valence-electron chi connectivity index (χ2n) is 4.77. The lowest BCUT2D eigenvalue weighted by Gasteiger charge is -2.11. The Kier molecular flexibility index (Phi) is 4.04. The van der Waals surface area contributed by atoms with E-state index in [4.69, 9.17) is 9.84 Å². The maximum absolute atomic E-state index is 12.0. The number of amides is 1. The fourth-order valence-corrected chi connectivity index (χ4v) is 2.39. The SMILES string of the molecule is COc1cccc(NC(=O)C2CCC(C(=O)O)C2)c1. The van der Waals surface area contributed by atoms with Crippen LogP contribution in [0.1, 0.15) is 19.3 Å². The van der Waals surface area contributed by atoms with Crippen molar-refractivity contribution >= 4 is 17.6 Å². The van der Waals surface area contributed by atoms with Crippen molar-refractivity contribution in [1.82, 2.24) is 0 Å². The Morgan fingerprint density at radius 2 is 2.05 bits per heavy atom. The van der Waals surface area contributed by atoms with Crippen LogP contribution in [0.25, 0.3) is 0 Å². The van der Waals surface area contributed by atoms with Crippen LogP contribution in [0.3, 0.4) is 0 Å². The molecule has 1 fully saturated rings. The first-order valence-electron chi connectivity index (χ1n) is 6.28. The Morgan fingerprint density at radius 1 is 1.32 bits per heavy atom. The molecule has 1 amide bonds. The quantitative estimate of drug-likeness (QED) is 0.872. The molecule has 0 heterocycles. The largest absolute Gasteiger partial charge is 0.497 e. The van der Waals surface area contributed by atoms with Gasteiger partial charge in [0.1, 0.15) is 5.75 Å². The summed E-state index contributed by atoms with van der Waals surface area (Å²) in [6, 6.07) is 7.11. The molecule has 102 valence electrons. The first-order chi connectivity index (χ1) is 9.10. The summed E-state index contributed by atoms with van der Waals surface area (Å²) in [7, 11) is 1.56. The number of carbonyl (C=O) groups is 2. The van der Waals surface area contributed by atoms with Crippen molar-refractivity contribution in [3.63, 3.8) is 0 Å². The highest BCUT2D eigenvalue weighted by molar-refractivity contribution is 5.93. The third kappa shape index (κ3) is 3.24. The minimum atomic E-state index is -0.809. The van der Waals surface area contributed by atoms with Crippen LogP contribution in [0.4, 0.5) is 5.69 Å². The number of hydrogen-bond acceptors (Lipinski definition) is 3. The standard InChI is InChI=1S/C14H17NO4/c1-19-12-4-2-3-11(8-12)15-13(16)9-5-6-10(7-9)14(17)18/h2-4,8-10H,5-7H2,1H3,(H,15,16)(H,17,18). The van der Waals surface area contributed by atoms with Gasteiger partial charge >= 0.3 is 5.97 Å². The van der Waals surface area contributed by atoms with E-state index in [0.29, 0.717) is 30.7 Å². The zero-order chi connectivity index (χ0) is 13.8. The number of hydrogen-bond donors (Lipinski definition) is 2. The average Bonchev–Trinajstić information content (AvgIpc) is 2.89. The zero-order valence-electron chi connectivity index (χ0n) is 10.8. The minimum absolute atomic E-state index is 0.114. The lowest BCUT2D eigenvalue weighted by atomic mass is 10.0. The number of aliphatic carboxylic acids is 1. The summed E-state index contributed by atoms with van der Waals surface area (Å²) in [6.07, 6.45) is 1.63. The summed E-state index contributed by atoms with van der Waals surface area (Å²) in [5, 5.41) is 11.7. The molecule has 0 spiro atoms. The number of carboxylic acid groups (broad SMARTS) is 1. The van der Waals surface area contributed by atoms with Crippen LogP contribution in [-0.2, 0) is 9.59 Å². The number of ether oxygens (including phenoxy) is 1. The molecule has 19 heavy (non-hydrogen) atoms. The predicted molar refractivity (Wildman–Crippen MR) is 70.1 cm³/mol. The van der Waals surface area contributed by atoms with Crippen molar-refractivity contribution < 1.29 is 19.4 Å². The van der Waals surface area contributed by atoms with Gasteiger partial charge in [0.15, 0.2) is 0 Å². The van der Waals surface area contributed by atoms with Gasteiger partial charge in [0.05, 0.1) is 13.0 Å². The van der Waals surface area contributed by atoms with Gasteiger partial charge < -0.3 is 15.2 Å². The molecule has 5 nitrogen and oxygen atoms in total. The Balaban J connectivity index is 1.96. The van der Waals surface area contributed by atoms with E-state index in [1.165, 1.54) is 0 Å². The van der Waals surface area contributed by atoms with Crippen molar-refractivity contribution in [1.29, 1.82) is 0 Å². The van der Waals surface area contributed by atoms with Gasteiger partial charge in [-0.3, -0.25) is 9.59 Å². The third-order valence-electron chi connectivity index (χ3n) is 3.49. The molecule has 0 aliphatic heterocycles. The number of benzene rings is 1. The molecular formula is C14H17NO4. The molecule has 1 aliphatic rings. The fraction of sp³-hybridized carbons (Fsp3) is 0.429. The molecule has 1 aromatic carbocycles. The molecule has 0 radical (unpaired) electrons. The molecule has 2 rings (SSSR count). The molecule has 1 saturated carbocycles. The number of rotatable bonds is 4. The van der Waals surface area contributed by atoms with E-state index in [9.17, 15) is 9.59 Å². The van der Waals surface area contributed by atoms with E-state index in [2.05, 4.69) is 5.32 Å². The Labute approximate surface area is 111 Å². The smallest absolute Gasteiger partial charge is 0.306 e. The lowest BCUT2D eigenvalue weighted by molar-refractivity contribution is -0.141. The summed E-state index contributed by atoms with van der Waals surface area (Å²) in [5.74, 6) is -0.852. The number of carbonyl (C=O) groups excluding carboxylic acids is 1. The minimum Gasteiger partial charge on any atom is -0.497 e. The number of nitrogens with one attached hydrogen (secondary N) is 1. The molecule has 1 aromatic rings. The van der Waals surface area contributed by atoms with Crippen molar-refractivity contribution in [2.24, 2.45) is 11.8 Å². The molecule has 2 N–H and O–H groups in total. The van der Waals surface area contributed by atoms with Gasteiger partial charge in [-0.2, -0.15) is 0 Å². The first-order valence-corrected chi connectivity index (χ1v) is 6.28. The Bertz CT molecular complexity index is 486. The summed E-state index contributed by atoms with van der Waals surface area (Å²) in [5.41, 5.74) is 0.670. The van der Waals surface area contributed by atoms with E-state index >= 15 is 0 Å². The van der Waals surface area contributed by atoms with Gasteiger partial charge in [0, 0.05) is 17.7 Å². The van der Waals surface area contributed by atoms with E-state index < -0.39 is 5.97 Å². The van der Waals surface area contributed by atoms with E-state index in [1.807, 2.05) is 0 Å². The maximum atomic E-state index is 12.0. The molecule has 2 atom stereocenters. The van der Waals surface area contributed by atoms with Crippen LogP contribution in [0.5, 0.6) is 5.75 Å². The second-order valence-corrected chi connectivity index (χ2v) is 4.77. The molecular weight excluding hydrogens is 246 g/mol. The topological polar surface area (TPSA) is 75.6 Å². The van der Waals surface area contributed by atoms with Gasteiger partial charge in [0.2, 0.25) is 5.91 Å². The van der Waals surface area contributed by atoms with Crippen molar-refractivity contribution in [3.8, 4) is 5.75 Å². The fourth-order valence-electron chi connectivity index (χ4n) is 2.39. The summed E-state index contributed by atoms with van der Waals surface area (Å²) < 4.78 is 5.08. The average molecular weight is 263 g/mol. The Hall–Kier alpha value is -2.04. The third-order valence-corrected chi connectivity index (χ3v) is 3.49. The van der Waals surface area contributed by atoms with Crippen LogP contribution in [0.15, 0.2) is 24.3 Å². The summed E-state index contributed by atoms with van der Waals surface area (Å²) in [4.78, 5) is 22.9. The monoisotopic (exact) mass is 263 g/mol. The van der Waals surface area contributed by atoms with Crippen LogP contribution >= 0.6 is 0 Å². The molecule has 1 aliphatic carbocycles. The number of methoxy groups -OCH3 is 1. The van der Waals surface area contributed by atoms with Crippen molar-refractivity contribution in [2.45, 2.75) is 19.3 Å². The van der Waals surface area contributed by atoms with Gasteiger partial charge in [-0.1, -0.05) is 6.07 Å². The van der Waals surface area contributed by atoms with Crippen LogP contribution in [-0.4, -0.2) is 24.1 Å². The van der Waals surface area contributed by atoms with Gasteiger partial charge in [-0.25, -0.2) is 0 Å². The molecule has 2 unspecified atom stereocenters. The van der Waals surface area contributed by atoms with Crippen molar-refractivity contribution in [3.05, 3.63) is 24.3 Å². The number of anilines is 1. The van der Waals surface area contributed by atoms with Gasteiger partial charge in [-0.05, 0) is 31.4 Å². The highest BCUT2D eigenvalue weighted by atomic mass is 16.5. The molecule has 0 saturated heterocycles. The van der Waals surface area contributed by atoms with E-state index in [1.54, 1.807) is 31.4 Å². The first kappa shape index (κ1) is 13.4. The summed E-state index contributed by atoms with van der Waals surface area (Å²) >= 11 is 0. The Morgan fingerprint density at radius 3 is 2.68 bits per heavy atom. The van der Waals surface area contributed by atoms with Crippen LogP contribution in [0, 0.1) is 11.8 Å². The predicted octanol–water partition coefficient (Wildman–Crippen LogP) is 2.13. The molecule has 0 bridgehead atoms. The molecule has 5 heteroatoms. The highest BCUT2D eigenvalue weighted by Gasteiger charge is 2.33. The van der Waals surface area contributed by atoms with Crippen LogP contribution in [0.2, 0.25) is 0 Å². The van der Waals surface area contributed by atoms with Gasteiger partial charge in [0.25, 0.3) is 0 Å². The van der Waals surface area contributed by atoms with E-state index in [-0.39, 0.29) is 17.7 Å². The van der Waals surface area contributed by atoms with Crippen molar-refractivity contribution in [2.75, 3.05) is 12.4 Å². The van der Waals surface area contributed by atoms with Gasteiger partial charge in [-0.15, -0.1) is 0 Å². The maximum Gasteiger partial charge on any atom is 0.306 e. The van der Waals surface area contributed by atoms with Crippen LogP contribution < -0.4 is 10.1 Å². The van der Waals surface area contributed by atoms with E-state index in [0.717, 1.165) is 0 Å².